The van der Waals surface area contributed by atoms with Gasteiger partial charge < -0.3 is 34.6 Å². The van der Waals surface area contributed by atoms with Gasteiger partial charge in [-0.05, 0) is 70.5 Å². The lowest BCUT2D eigenvalue weighted by Crippen LogP contribution is -2.51. The van der Waals surface area contributed by atoms with E-state index in [1.54, 1.807) is 35.0 Å². The maximum atomic E-state index is 13.6. The molecule has 14 nitrogen and oxygen atoms in total. The van der Waals surface area contributed by atoms with E-state index in [0.717, 1.165) is 68.8 Å². The van der Waals surface area contributed by atoms with Gasteiger partial charge in [-0.15, -0.1) is 11.8 Å². The van der Waals surface area contributed by atoms with Crippen LogP contribution in [0.15, 0.2) is 103 Å². The molecule has 314 valence electrons. The van der Waals surface area contributed by atoms with E-state index in [1.807, 2.05) is 43.1 Å². The molecule has 2 saturated heterocycles. The van der Waals surface area contributed by atoms with Crippen molar-refractivity contribution in [3.8, 4) is 33.6 Å². The van der Waals surface area contributed by atoms with Gasteiger partial charge in [-0.2, -0.15) is 0 Å². The number of imidazole rings is 2. The van der Waals surface area contributed by atoms with Crippen LogP contribution >= 0.6 is 11.8 Å². The maximum absolute atomic E-state index is 13.6. The fraction of sp³-hybridized carbons (Fsp3) is 0.304. The van der Waals surface area contributed by atoms with Gasteiger partial charge in [0.2, 0.25) is 11.8 Å². The highest BCUT2D eigenvalue weighted by molar-refractivity contribution is 7.99. The number of anilines is 1. The predicted octanol–water partition coefficient (Wildman–Crippen LogP) is 8.18. The van der Waals surface area contributed by atoms with Crippen LogP contribution in [0.25, 0.3) is 44.4 Å². The molecule has 0 radical (unpaired) electrons. The lowest BCUT2D eigenvalue weighted by atomic mass is 9.98. The largest absolute Gasteiger partial charge is 0.453 e. The third kappa shape index (κ3) is 8.69. The number of rotatable bonds is 11. The van der Waals surface area contributed by atoms with E-state index in [-0.39, 0.29) is 35.7 Å². The number of nitrogens with zero attached hydrogens (tertiary/aromatic N) is 5. The third-order valence-corrected chi connectivity index (χ3v) is 12.5. The quantitative estimate of drug-likeness (QED) is 0.117. The smallest absolute Gasteiger partial charge is 0.414 e. The van der Waals surface area contributed by atoms with Gasteiger partial charge in [-0.1, -0.05) is 80.6 Å². The van der Waals surface area contributed by atoms with Gasteiger partial charge in [0.05, 0.1) is 44.0 Å². The molecule has 6 aromatic rings. The van der Waals surface area contributed by atoms with Crippen LogP contribution in [0.1, 0.15) is 49.8 Å². The Balaban J connectivity index is 0.928. The molecule has 0 bridgehead atoms. The summed E-state index contributed by atoms with van der Waals surface area (Å²) in [5, 5.41) is 4.58. The third-order valence-electron chi connectivity index (χ3n) is 11.3. The molecule has 0 unspecified atom stereocenters. The lowest BCUT2D eigenvalue weighted by Gasteiger charge is -2.30. The number of alkyl carbamates (subject to hydrolysis) is 1. The van der Waals surface area contributed by atoms with Crippen LogP contribution in [0, 0.1) is 5.92 Å². The summed E-state index contributed by atoms with van der Waals surface area (Å²) in [6.45, 7) is 4.80. The van der Waals surface area contributed by atoms with E-state index in [1.165, 1.54) is 19.1 Å². The van der Waals surface area contributed by atoms with Crippen molar-refractivity contribution in [1.29, 1.82) is 0 Å². The topological polar surface area (TPSA) is 166 Å². The average molecular weight is 841 g/mol. The van der Waals surface area contributed by atoms with Crippen LogP contribution in [0.2, 0.25) is 0 Å². The molecule has 2 aliphatic heterocycles. The van der Waals surface area contributed by atoms with E-state index >= 15 is 0 Å². The number of aromatic amines is 2. The number of ether oxygens (including phenoxy) is 2. The second-order valence-corrected chi connectivity index (χ2v) is 16.7. The maximum Gasteiger partial charge on any atom is 0.414 e. The van der Waals surface area contributed by atoms with Crippen LogP contribution in [0.4, 0.5) is 15.3 Å². The summed E-state index contributed by atoms with van der Waals surface area (Å²) in [6, 6.07) is 29.2. The van der Waals surface area contributed by atoms with Gasteiger partial charge in [-0.3, -0.25) is 14.5 Å². The molecule has 3 N–H and O–H groups in total. The number of benzene rings is 4. The Hall–Kier alpha value is -6.61. The minimum absolute atomic E-state index is 0.108. The van der Waals surface area contributed by atoms with E-state index in [9.17, 15) is 19.2 Å². The highest BCUT2D eigenvalue weighted by Crippen LogP contribution is 2.38. The molecule has 0 aliphatic carbocycles. The first-order valence-corrected chi connectivity index (χ1v) is 21.4. The van der Waals surface area contributed by atoms with Gasteiger partial charge >= 0.3 is 12.2 Å². The average Bonchev–Trinajstić information content (AvgIpc) is 4.14. The van der Waals surface area contributed by atoms with Crippen LogP contribution in [-0.4, -0.2) is 99.4 Å². The molecule has 4 amide bonds. The van der Waals surface area contributed by atoms with Crippen molar-refractivity contribution in [1.82, 2.24) is 35.1 Å². The van der Waals surface area contributed by atoms with Gasteiger partial charge in [0.25, 0.3) is 0 Å². The van der Waals surface area contributed by atoms with Crippen LogP contribution in [-0.2, 0) is 19.1 Å². The van der Waals surface area contributed by atoms with Crippen molar-refractivity contribution in [3.05, 3.63) is 115 Å². The molecule has 4 heterocycles. The van der Waals surface area contributed by atoms with Crippen LogP contribution in [0.5, 0.6) is 0 Å². The molecule has 8 rings (SSSR count). The van der Waals surface area contributed by atoms with Gasteiger partial charge in [0.15, 0.2) is 0 Å². The lowest BCUT2D eigenvalue weighted by molar-refractivity contribution is -0.135. The van der Waals surface area contributed by atoms with E-state index in [0.29, 0.717) is 24.6 Å². The Morgan fingerprint density at radius 2 is 1.43 bits per heavy atom. The first kappa shape index (κ1) is 41.1. The monoisotopic (exact) mass is 840 g/mol. The number of hydrogen-bond donors (Lipinski definition) is 3. The number of aromatic nitrogens is 4. The molecule has 2 aromatic heterocycles. The number of carbonyl (C=O) groups is 4. The summed E-state index contributed by atoms with van der Waals surface area (Å²) < 4.78 is 9.75. The van der Waals surface area contributed by atoms with Crippen molar-refractivity contribution in [2.24, 2.45) is 5.92 Å². The Kier molecular flexibility index (Phi) is 12.1. The fourth-order valence-corrected chi connectivity index (χ4v) is 9.25. The molecule has 0 saturated carbocycles. The number of nitrogens with one attached hydrogen (secondary N) is 3. The standard InChI is InChI=1S/C46H48N8O6S/c1-28(2)40(51-45(57)59-3)43(56)52-20-8-11-38(52)41-47-26-37(49-41)34-19-18-32-23-31(16-17-33(32)24-34)29-12-14-30(15-13-29)36-25-48-42(50-36)44-53(21-22-61-44)39(55)27-54(46(58)60-4)35-9-6-5-7-10-35/h5-7,9-10,12-19,23-26,28,38,40,44H,8,11,20-22,27H2,1-4H3,(H,47,49)(H,48,50)(H,51,57)/t38-,40-,44-/m0/s1. The molecule has 2 fully saturated rings. The predicted molar refractivity (Wildman–Crippen MR) is 236 cm³/mol. The number of para-hydroxylation sites is 1. The number of thioether (sulfide) groups is 1. The number of amides is 4. The molecule has 0 spiro atoms. The number of carbonyl (C=O) groups excluding carboxylic acids is 4. The number of methoxy groups -OCH3 is 2. The zero-order chi connectivity index (χ0) is 42.6. The molecule has 3 atom stereocenters. The highest BCUT2D eigenvalue weighted by atomic mass is 32.2. The molecular weight excluding hydrogens is 793 g/mol. The molecule has 4 aromatic carbocycles. The Morgan fingerprint density at radius 1 is 0.787 bits per heavy atom. The van der Waals surface area contributed by atoms with Crippen molar-refractivity contribution >= 4 is 52.2 Å². The Morgan fingerprint density at radius 3 is 2.13 bits per heavy atom. The van der Waals surface area contributed by atoms with E-state index < -0.39 is 18.2 Å². The summed E-state index contributed by atoms with van der Waals surface area (Å²) in [4.78, 5) is 73.0. The minimum Gasteiger partial charge on any atom is -0.453 e. The Labute approximate surface area is 358 Å². The van der Waals surface area contributed by atoms with Gasteiger partial charge in [0, 0.05) is 30.1 Å². The van der Waals surface area contributed by atoms with E-state index in [2.05, 4.69) is 80.9 Å². The zero-order valence-corrected chi connectivity index (χ0v) is 35.3. The van der Waals surface area contributed by atoms with Crippen molar-refractivity contribution in [3.63, 3.8) is 0 Å². The Bertz CT molecular complexity index is 2540. The number of likely N-dealkylation sites (tertiary alicyclic amines) is 1. The normalized spacial score (nSPS) is 16.8. The highest BCUT2D eigenvalue weighted by Gasteiger charge is 2.38. The second-order valence-electron chi connectivity index (χ2n) is 15.5. The van der Waals surface area contributed by atoms with Crippen LogP contribution in [0.3, 0.4) is 0 Å². The van der Waals surface area contributed by atoms with E-state index in [4.69, 9.17) is 14.5 Å². The molecule has 61 heavy (non-hydrogen) atoms. The van der Waals surface area contributed by atoms with Crippen molar-refractivity contribution in [2.45, 2.75) is 44.1 Å². The number of H-pyrrole nitrogens is 2. The minimum atomic E-state index is -0.691. The van der Waals surface area contributed by atoms with Crippen LogP contribution < -0.4 is 10.2 Å². The summed E-state index contributed by atoms with van der Waals surface area (Å²) in [6.07, 6.45) is 4.02. The first-order valence-electron chi connectivity index (χ1n) is 20.3. The van der Waals surface area contributed by atoms with Crippen molar-refractivity contribution in [2.75, 3.05) is 44.5 Å². The zero-order valence-electron chi connectivity index (χ0n) is 34.5. The van der Waals surface area contributed by atoms with Gasteiger partial charge in [-0.25, -0.2) is 19.6 Å². The second kappa shape index (κ2) is 17.9. The molecular formula is C46H48N8O6S. The SMILES string of the molecule is COC(=O)N[C@H](C(=O)N1CCC[C@H]1c1ncc(-c2ccc3cc(-c4ccc(-c5cnc([C@@H]6SCCN6C(=O)CN(C(=O)OC)c6ccccc6)[nH]5)cc4)ccc3c2)[nH]1)C(C)C. The summed E-state index contributed by atoms with van der Waals surface area (Å²) in [7, 11) is 2.60. The number of fused-ring (bicyclic) bond motifs is 1. The molecule has 15 heteroatoms. The number of hydrogen-bond acceptors (Lipinski definition) is 9. The summed E-state index contributed by atoms with van der Waals surface area (Å²) in [5.74, 6) is 1.72. The fourth-order valence-electron chi connectivity index (χ4n) is 8.05. The summed E-state index contributed by atoms with van der Waals surface area (Å²) >= 11 is 1.63. The van der Waals surface area contributed by atoms with Crippen molar-refractivity contribution < 1.29 is 28.7 Å². The van der Waals surface area contributed by atoms with Gasteiger partial charge in [0.1, 0.15) is 29.6 Å². The first-order chi connectivity index (χ1) is 29.6. The molecule has 2 aliphatic rings. The summed E-state index contributed by atoms with van der Waals surface area (Å²) in [5.41, 5.74) is 6.41.